The standard InChI is InChI=1S/C13H27/c1-6-9-11-12(10-7-2)13(4,5)8-3/h6-11H2,1-5H3. The molecular weight excluding hydrogens is 156 g/mol. The van der Waals surface area contributed by atoms with Crippen LogP contribution in [-0.4, -0.2) is 0 Å². The third-order valence-electron chi connectivity index (χ3n) is 3.22. The van der Waals surface area contributed by atoms with Crippen LogP contribution >= 0.6 is 0 Å². The molecule has 0 bridgehead atoms. The molecule has 0 rings (SSSR count). The lowest BCUT2D eigenvalue weighted by atomic mass is 9.72. The molecule has 0 aliphatic heterocycles. The van der Waals surface area contributed by atoms with Gasteiger partial charge in [-0.3, -0.25) is 0 Å². The molecular formula is C13H27. The van der Waals surface area contributed by atoms with E-state index >= 15 is 0 Å². The van der Waals surface area contributed by atoms with Gasteiger partial charge in [0.1, 0.15) is 0 Å². The molecule has 79 valence electrons. The third kappa shape index (κ3) is 4.69. The van der Waals surface area contributed by atoms with Gasteiger partial charge < -0.3 is 0 Å². The van der Waals surface area contributed by atoms with Gasteiger partial charge in [0.05, 0.1) is 0 Å². The Labute approximate surface area is 85.1 Å². The zero-order chi connectivity index (χ0) is 10.3. The van der Waals surface area contributed by atoms with Crippen molar-refractivity contribution in [2.75, 3.05) is 0 Å². The highest BCUT2D eigenvalue weighted by Crippen LogP contribution is 2.38. The molecule has 0 spiro atoms. The molecule has 0 saturated carbocycles. The van der Waals surface area contributed by atoms with Gasteiger partial charge in [0, 0.05) is 0 Å². The van der Waals surface area contributed by atoms with E-state index in [1.165, 1.54) is 38.5 Å². The van der Waals surface area contributed by atoms with E-state index in [0.29, 0.717) is 5.41 Å². The summed E-state index contributed by atoms with van der Waals surface area (Å²) in [4.78, 5) is 0. The molecule has 0 aliphatic rings. The summed E-state index contributed by atoms with van der Waals surface area (Å²) >= 11 is 0. The quantitative estimate of drug-likeness (QED) is 0.522. The van der Waals surface area contributed by atoms with E-state index in [4.69, 9.17) is 0 Å². The lowest BCUT2D eigenvalue weighted by Crippen LogP contribution is -2.21. The second-order valence-electron chi connectivity index (χ2n) is 4.69. The molecule has 0 heterocycles. The first kappa shape index (κ1) is 13.0. The minimum Gasteiger partial charge on any atom is -0.0654 e. The van der Waals surface area contributed by atoms with Gasteiger partial charge in [-0.1, -0.05) is 60.3 Å². The normalized spacial score (nSPS) is 12.5. The van der Waals surface area contributed by atoms with Crippen molar-refractivity contribution in [3.63, 3.8) is 0 Å². The number of hydrogen-bond donors (Lipinski definition) is 0. The number of rotatable bonds is 7. The summed E-state index contributed by atoms with van der Waals surface area (Å²) in [6, 6.07) is 0. The molecule has 0 aromatic rings. The molecule has 0 heteroatoms. The van der Waals surface area contributed by atoms with Crippen molar-refractivity contribution in [1.82, 2.24) is 0 Å². The van der Waals surface area contributed by atoms with Gasteiger partial charge in [-0.2, -0.15) is 0 Å². The van der Waals surface area contributed by atoms with Crippen LogP contribution in [0.4, 0.5) is 0 Å². The Hall–Kier alpha value is 0. The second kappa shape index (κ2) is 6.45. The fraction of sp³-hybridized carbons (Fsp3) is 0.923. The summed E-state index contributed by atoms with van der Waals surface area (Å²) in [5, 5.41) is 0. The van der Waals surface area contributed by atoms with Crippen molar-refractivity contribution in [2.45, 2.75) is 73.1 Å². The molecule has 0 nitrogen and oxygen atoms in total. The first-order valence-corrected chi connectivity index (χ1v) is 5.93. The van der Waals surface area contributed by atoms with Crippen LogP contribution in [0.25, 0.3) is 0 Å². The second-order valence-corrected chi connectivity index (χ2v) is 4.69. The Morgan fingerprint density at radius 1 is 0.923 bits per heavy atom. The first-order chi connectivity index (χ1) is 6.08. The largest absolute Gasteiger partial charge is 0.0654 e. The predicted octanol–water partition coefficient (Wildman–Crippen LogP) is 4.99. The fourth-order valence-corrected chi connectivity index (χ4v) is 1.74. The zero-order valence-electron chi connectivity index (χ0n) is 10.2. The zero-order valence-corrected chi connectivity index (χ0v) is 10.2. The SMILES string of the molecule is CCCC[C](CCC)C(C)(C)CC. The Kier molecular flexibility index (Phi) is 6.45. The molecule has 0 unspecified atom stereocenters. The van der Waals surface area contributed by atoms with Gasteiger partial charge in [-0.15, -0.1) is 0 Å². The van der Waals surface area contributed by atoms with E-state index in [-0.39, 0.29) is 0 Å². The Morgan fingerprint density at radius 3 is 1.92 bits per heavy atom. The molecule has 0 aromatic carbocycles. The maximum Gasteiger partial charge on any atom is -0.0185 e. The Morgan fingerprint density at radius 2 is 1.54 bits per heavy atom. The maximum atomic E-state index is 2.40. The molecule has 0 fully saturated rings. The lowest BCUT2D eigenvalue weighted by molar-refractivity contribution is 0.327. The van der Waals surface area contributed by atoms with Gasteiger partial charge >= 0.3 is 0 Å². The van der Waals surface area contributed by atoms with Crippen molar-refractivity contribution in [1.29, 1.82) is 0 Å². The maximum absolute atomic E-state index is 2.40. The van der Waals surface area contributed by atoms with Crippen LogP contribution in [0, 0.1) is 11.3 Å². The topological polar surface area (TPSA) is 0 Å². The van der Waals surface area contributed by atoms with Crippen LogP contribution in [0.15, 0.2) is 0 Å². The van der Waals surface area contributed by atoms with Crippen molar-refractivity contribution < 1.29 is 0 Å². The van der Waals surface area contributed by atoms with Crippen molar-refractivity contribution >= 4 is 0 Å². The van der Waals surface area contributed by atoms with Crippen molar-refractivity contribution in [3.05, 3.63) is 5.92 Å². The van der Waals surface area contributed by atoms with E-state index in [0.717, 1.165) is 0 Å². The third-order valence-corrected chi connectivity index (χ3v) is 3.22. The van der Waals surface area contributed by atoms with Gasteiger partial charge in [-0.05, 0) is 24.2 Å². The summed E-state index contributed by atoms with van der Waals surface area (Å²) in [5.41, 5.74) is 0.477. The highest BCUT2D eigenvalue weighted by atomic mass is 14.3. The molecule has 13 heavy (non-hydrogen) atoms. The van der Waals surface area contributed by atoms with Crippen LogP contribution < -0.4 is 0 Å². The number of hydrogen-bond acceptors (Lipinski definition) is 0. The van der Waals surface area contributed by atoms with Crippen LogP contribution in [-0.2, 0) is 0 Å². The number of unbranched alkanes of at least 4 members (excludes halogenated alkanes) is 1. The van der Waals surface area contributed by atoms with Crippen LogP contribution in [0.3, 0.4) is 0 Å². The molecule has 0 amide bonds. The van der Waals surface area contributed by atoms with Crippen molar-refractivity contribution in [2.24, 2.45) is 5.41 Å². The van der Waals surface area contributed by atoms with Crippen LogP contribution in [0.1, 0.15) is 73.1 Å². The van der Waals surface area contributed by atoms with Crippen LogP contribution in [0.5, 0.6) is 0 Å². The summed E-state index contributed by atoms with van der Waals surface area (Å²) < 4.78 is 0. The minimum absolute atomic E-state index is 0.477. The molecule has 0 saturated heterocycles. The molecule has 0 atom stereocenters. The summed E-state index contributed by atoms with van der Waals surface area (Å²) in [6.45, 7) is 11.7. The molecule has 1 radical (unpaired) electrons. The van der Waals surface area contributed by atoms with Gasteiger partial charge in [-0.25, -0.2) is 0 Å². The Bertz CT molecular complexity index is 113. The van der Waals surface area contributed by atoms with E-state index < -0.39 is 0 Å². The van der Waals surface area contributed by atoms with Crippen molar-refractivity contribution in [3.8, 4) is 0 Å². The van der Waals surface area contributed by atoms with Crippen LogP contribution in [0.2, 0.25) is 0 Å². The van der Waals surface area contributed by atoms with E-state index in [9.17, 15) is 0 Å². The fourth-order valence-electron chi connectivity index (χ4n) is 1.74. The van der Waals surface area contributed by atoms with E-state index in [1.807, 2.05) is 0 Å². The minimum atomic E-state index is 0.477. The summed E-state index contributed by atoms with van der Waals surface area (Å²) in [7, 11) is 0. The summed E-state index contributed by atoms with van der Waals surface area (Å²) in [5.74, 6) is 1.79. The monoisotopic (exact) mass is 183 g/mol. The summed E-state index contributed by atoms with van der Waals surface area (Å²) in [6.07, 6.45) is 7.98. The highest BCUT2D eigenvalue weighted by Gasteiger charge is 2.26. The Balaban J connectivity index is 4.05. The highest BCUT2D eigenvalue weighted by molar-refractivity contribution is 5.01. The van der Waals surface area contributed by atoms with E-state index in [1.54, 1.807) is 5.92 Å². The molecule has 0 N–H and O–H groups in total. The first-order valence-electron chi connectivity index (χ1n) is 5.93. The van der Waals surface area contributed by atoms with Gasteiger partial charge in [0.2, 0.25) is 0 Å². The van der Waals surface area contributed by atoms with Gasteiger partial charge in [0.25, 0.3) is 0 Å². The lowest BCUT2D eigenvalue weighted by Gasteiger charge is -2.33. The van der Waals surface area contributed by atoms with Gasteiger partial charge in [0.15, 0.2) is 0 Å². The smallest absolute Gasteiger partial charge is 0.0185 e. The van der Waals surface area contributed by atoms with E-state index in [2.05, 4.69) is 34.6 Å². The molecule has 0 aromatic heterocycles. The average Bonchev–Trinajstić information content (AvgIpc) is 2.12. The average molecular weight is 183 g/mol. The predicted molar refractivity (Wildman–Crippen MR) is 61.7 cm³/mol. The molecule has 0 aliphatic carbocycles.